The number of carboxylic acid groups (broad SMARTS) is 2. The van der Waals surface area contributed by atoms with Crippen LogP contribution in [0.1, 0.15) is 0 Å². The lowest BCUT2D eigenvalue weighted by Gasteiger charge is -2.33. The molecule has 0 aliphatic rings. The van der Waals surface area contributed by atoms with Crippen LogP contribution in [0, 0.1) is 0 Å². The summed E-state index contributed by atoms with van der Waals surface area (Å²) in [5.74, 6) is -7.57. The van der Waals surface area contributed by atoms with Crippen molar-refractivity contribution in [2.45, 2.75) is 36.5 Å². The van der Waals surface area contributed by atoms with Crippen LogP contribution >= 0.6 is 0 Å². The molecule has 152 valence electrons. The van der Waals surface area contributed by atoms with Gasteiger partial charge in [0.15, 0.2) is 0 Å². The summed E-state index contributed by atoms with van der Waals surface area (Å²) in [5.41, 5.74) is -21.6. The molecule has 0 radical (unpaired) electrons. The second-order valence-corrected chi connectivity index (χ2v) is 4.38. The Labute approximate surface area is 133 Å². The molecule has 2 N–H and O–H groups in total. The highest BCUT2D eigenvalue weighted by Crippen LogP contribution is 2.51. The number of alkyl halides is 12. The Bertz CT molecular complexity index is 554. The topological polar surface area (TPSA) is 74.6 Å². The van der Waals surface area contributed by atoms with Gasteiger partial charge in [0, 0.05) is 0 Å². The van der Waals surface area contributed by atoms with Crippen molar-refractivity contribution in [1.82, 2.24) is 0 Å². The van der Waals surface area contributed by atoms with Gasteiger partial charge in [-0.05, 0) is 0 Å². The molecule has 0 aromatic carbocycles. The Kier molecular flexibility index (Phi) is 6.29. The quantitative estimate of drug-likeness (QED) is 0.514. The molecule has 0 aromatic rings. The molecule has 16 heteroatoms. The molecule has 0 aromatic heterocycles. The standard InChI is InChI=1S/C10H4F12O4/c11-5(12)7(15,9(17,18)19)1(3(23)24)2(4(25)26)8(16,6(13)14)10(20,21)22/h5-6H,(H,23,24)(H,25,26). The molecule has 0 bridgehead atoms. The molecule has 0 amide bonds. The molecule has 2 atom stereocenters. The predicted octanol–water partition coefficient (Wildman–Crippen LogP) is 3.52. The van der Waals surface area contributed by atoms with Gasteiger partial charge >= 0.3 is 24.3 Å². The van der Waals surface area contributed by atoms with Crippen molar-refractivity contribution in [2.24, 2.45) is 0 Å². The minimum Gasteiger partial charge on any atom is -0.478 e. The smallest absolute Gasteiger partial charge is 0.432 e. The zero-order valence-corrected chi connectivity index (χ0v) is 11.4. The fraction of sp³-hybridized carbons (Fsp3) is 0.600. The molecule has 2 unspecified atom stereocenters. The summed E-state index contributed by atoms with van der Waals surface area (Å²) < 4.78 is 153. The first-order chi connectivity index (χ1) is 11.3. The first-order valence-corrected chi connectivity index (χ1v) is 5.57. The lowest BCUT2D eigenvalue weighted by Crippen LogP contribution is -2.57. The Hall–Kier alpha value is -2.16. The SMILES string of the molecule is O=C(O)C(=C(C(=O)O)C(F)(C(F)F)C(F)(F)F)C(F)(C(F)F)C(F)(F)F. The zero-order chi connectivity index (χ0) is 21.5. The Morgan fingerprint density at radius 3 is 0.846 bits per heavy atom. The average molecular weight is 416 g/mol. The lowest BCUT2D eigenvalue weighted by atomic mass is 9.82. The van der Waals surface area contributed by atoms with E-state index in [9.17, 15) is 62.3 Å². The highest BCUT2D eigenvalue weighted by molar-refractivity contribution is 6.02. The van der Waals surface area contributed by atoms with Gasteiger partial charge < -0.3 is 10.2 Å². The van der Waals surface area contributed by atoms with Crippen LogP contribution in [0.3, 0.4) is 0 Å². The minimum absolute atomic E-state index is 3.78. The lowest BCUT2D eigenvalue weighted by molar-refractivity contribution is -0.262. The second kappa shape index (κ2) is 6.86. The Balaban J connectivity index is 7.58. The number of carboxylic acids is 2. The summed E-state index contributed by atoms with van der Waals surface area (Å²) >= 11 is 0. The number of aliphatic carboxylic acids is 2. The van der Waals surface area contributed by atoms with Gasteiger partial charge in [0.05, 0.1) is 0 Å². The summed E-state index contributed by atoms with van der Waals surface area (Å²) in [6.45, 7) is 0. The molecule has 26 heavy (non-hydrogen) atoms. The van der Waals surface area contributed by atoms with Crippen LogP contribution < -0.4 is 0 Å². The van der Waals surface area contributed by atoms with Gasteiger partial charge in [-0.15, -0.1) is 0 Å². The maximum absolute atomic E-state index is 13.8. The van der Waals surface area contributed by atoms with E-state index >= 15 is 0 Å². The van der Waals surface area contributed by atoms with Gasteiger partial charge in [-0.1, -0.05) is 0 Å². The van der Waals surface area contributed by atoms with Gasteiger partial charge in [0.1, 0.15) is 11.1 Å². The number of hydrogen-bond acceptors (Lipinski definition) is 2. The maximum atomic E-state index is 13.8. The normalized spacial score (nSPS) is 19.0. The highest BCUT2D eigenvalue weighted by atomic mass is 19.4. The van der Waals surface area contributed by atoms with Crippen molar-refractivity contribution in [1.29, 1.82) is 0 Å². The van der Waals surface area contributed by atoms with Crippen LogP contribution in [0.2, 0.25) is 0 Å². The first kappa shape index (κ1) is 23.8. The van der Waals surface area contributed by atoms with E-state index in [0.29, 0.717) is 0 Å². The van der Waals surface area contributed by atoms with E-state index in [1.807, 2.05) is 0 Å². The van der Waals surface area contributed by atoms with Crippen LogP contribution in [0.25, 0.3) is 0 Å². The number of rotatable bonds is 6. The molecule has 0 aliphatic carbocycles. The fourth-order valence-electron chi connectivity index (χ4n) is 1.64. The van der Waals surface area contributed by atoms with Gasteiger partial charge in [-0.3, -0.25) is 0 Å². The molecular weight excluding hydrogens is 412 g/mol. The van der Waals surface area contributed by atoms with Crippen molar-refractivity contribution in [3.63, 3.8) is 0 Å². The van der Waals surface area contributed by atoms with Crippen LogP contribution in [-0.4, -0.2) is 58.7 Å². The minimum atomic E-state index is -7.12. The summed E-state index contributed by atoms with van der Waals surface area (Å²) in [6.07, 6.45) is -25.5. The van der Waals surface area contributed by atoms with E-state index in [1.165, 1.54) is 0 Å². The highest BCUT2D eigenvalue weighted by Gasteiger charge is 2.74. The van der Waals surface area contributed by atoms with E-state index in [0.717, 1.165) is 0 Å². The van der Waals surface area contributed by atoms with Crippen LogP contribution in [0.4, 0.5) is 52.7 Å². The van der Waals surface area contributed by atoms with Crippen LogP contribution in [-0.2, 0) is 9.59 Å². The van der Waals surface area contributed by atoms with E-state index < -0.39 is 59.6 Å². The van der Waals surface area contributed by atoms with Crippen molar-refractivity contribution in [2.75, 3.05) is 0 Å². The van der Waals surface area contributed by atoms with Crippen molar-refractivity contribution in [3.8, 4) is 0 Å². The Morgan fingerprint density at radius 2 is 0.769 bits per heavy atom. The number of carbonyl (C=O) groups is 2. The average Bonchev–Trinajstić information content (AvgIpc) is 2.38. The first-order valence-electron chi connectivity index (χ1n) is 5.57. The summed E-state index contributed by atoms with van der Waals surface area (Å²) in [5, 5.41) is 16.8. The molecule has 0 rings (SSSR count). The largest absolute Gasteiger partial charge is 0.478 e. The third-order valence-electron chi connectivity index (χ3n) is 2.83. The third-order valence-corrected chi connectivity index (χ3v) is 2.83. The fourth-order valence-corrected chi connectivity index (χ4v) is 1.64. The van der Waals surface area contributed by atoms with E-state index in [2.05, 4.69) is 0 Å². The Morgan fingerprint density at radius 1 is 0.577 bits per heavy atom. The monoisotopic (exact) mass is 416 g/mol. The molecule has 0 heterocycles. The van der Waals surface area contributed by atoms with E-state index in [-0.39, 0.29) is 0 Å². The third kappa shape index (κ3) is 3.53. The summed E-state index contributed by atoms with van der Waals surface area (Å²) in [7, 11) is 0. The van der Waals surface area contributed by atoms with Gasteiger partial charge in [0.2, 0.25) is 0 Å². The number of halogens is 12. The molecule has 0 fully saturated rings. The van der Waals surface area contributed by atoms with Crippen molar-refractivity contribution < 1.29 is 72.5 Å². The molecule has 4 nitrogen and oxygen atoms in total. The zero-order valence-electron chi connectivity index (χ0n) is 11.4. The number of hydrogen-bond donors (Lipinski definition) is 2. The molecule has 0 aliphatic heterocycles. The van der Waals surface area contributed by atoms with Crippen LogP contribution in [0.5, 0.6) is 0 Å². The van der Waals surface area contributed by atoms with Crippen molar-refractivity contribution in [3.05, 3.63) is 11.1 Å². The van der Waals surface area contributed by atoms with Gasteiger partial charge in [-0.25, -0.2) is 35.9 Å². The molecule has 0 saturated carbocycles. The van der Waals surface area contributed by atoms with Gasteiger partial charge in [-0.2, -0.15) is 26.3 Å². The molecule has 0 saturated heterocycles. The molecule has 0 spiro atoms. The second-order valence-electron chi connectivity index (χ2n) is 4.38. The van der Waals surface area contributed by atoms with E-state index in [4.69, 9.17) is 10.2 Å². The molecular formula is C10H4F12O4. The van der Waals surface area contributed by atoms with Crippen LogP contribution in [0.15, 0.2) is 11.1 Å². The maximum Gasteiger partial charge on any atom is 0.432 e. The van der Waals surface area contributed by atoms with Gasteiger partial charge in [0.25, 0.3) is 24.2 Å². The van der Waals surface area contributed by atoms with Crippen molar-refractivity contribution >= 4 is 11.9 Å². The summed E-state index contributed by atoms with van der Waals surface area (Å²) in [4.78, 5) is 21.3. The predicted molar refractivity (Wildman–Crippen MR) is 54.1 cm³/mol. The summed E-state index contributed by atoms with van der Waals surface area (Å²) in [6, 6.07) is 0. The van der Waals surface area contributed by atoms with E-state index in [1.54, 1.807) is 0 Å².